The molecule has 0 bridgehead atoms. The molecule has 1 fully saturated rings. The molecule has 1 aromatic carbocycles. The van der Waals surface area contributed by atoms with Gasteiger partial charge in [-0.25, -0.2) is 9.97 Å². The molecule has 32 heavy (non-hydrogen) atoms. The Hall–Kier alpha value is -2.97. The van der Waals surface area contributed by atoms with Crippen LogP contribution in [0.15, 0.2) is 28.8 Å². The van der Waals surface area contributed by atoms with E-state index in [1.54, 1.807) is 7.05 Å². The van der Waals surface area contributed by atoms with Crippen LogP contribution in [0.2, 0.25) is 0 Å². The van der Waals surface area contributed by atoms with Crippen molar-refractivity contribution in [3.8, 4) is 28.4 Å². The average Bonchev–Trinajstić information content (AvgIpc) is 3.06. The quantitative estimate of drug-likeness (QED) is 0.508. The molecule has 0 radical (unpaired) electrons. The van der Waals surface area contributed by atoms with Crippen LogP contribution in [0.3, 0.4) is 0 Å². The zero-order chi connectivity index (χ0) is 23.1. The van der Waals surface area contributed by atoms with Gasteiger partial charge in [0.25, 0.3) is 0 Å². The topological polar surface area (TPSA) is 119 Å². The van der Waals surface area contributed by atoms with Gasteiger partial charge >= 0.3 is 0 Å². The molecule has 8 heteroatoms. The number of likely N-dealkylation sites (N-methyl/N-ethyl adjacent to an activating group) is 1. The lowest BCUT2D eigenvalue weighted by molar-refractivity contribution is 0.108. The molecule has 1 atom stereocenters. The molecule has 2 aromatic heterocycles. The van der Waals surface area contributed by atoms with Gasteiger partial charge in [-0.15, -0.1) is 0 Å². The van der Waals surface area contributed by atoms with Crippen LogP contribution in [0.5, 0.6) is 5.75 Å². The van der Waals surface area contributed by atoms with Crippen LogP contribution in [0.4, 0.5) is 5.82 Å². The van der Waals surface area contributed by atoms with E-state index >= 15 is 0 Å². The number of nitrogens with two attached hydrogens (primary N) is 1. The van der Waals surface area contributed by atoms with Crippen molar-refractivity contribution in [3.05, 3.63) is 41.3 Å². The molecule has 1 unspecified atom stereocenters. The molecule has 172 valence electrons. The summed E-state index contributed by atoms with van der Waals surface area (Å²) < 4.78 is 11.0. The summed E-state index contributed by atoms with van der Waals surface area (Å²) in [5, 5.41) is 16.7. The number of nitrogens with one attached hydrogen (secondary N) is 1. The van der Waals surface area contributed by atoms with E-state index in [4.69, 9.17) is 20.0 Å². The Bertz CT molecular complexity index is 1010. The van der Waals surface area contributed by atoms with Gasteiger partial charge < -0.3 is 25.4 Å². The lowest BCUT2D eigenvalue weighted by Crippen LogP contribution is -2.29. The highest BCUT2D eigenvalue weighted by molar-refractivity contribution is 5.73. The van der Waals surface area contributed by atoms with E-state index in [2.05, 4.69) is 15.5 Å². The Labute approximate surface area is 189 Å². The van der Waals surface area contributed by atoms with Gasteiger partial charge in [-0.2, -0.15) is 0 Å². The summed E-state index contributed by atoms with van der Waals surface area (Å²) in [6.07, 6.45) is 5.41. The van der Waals surface area contributed by atoms with Gasteiger partial charge in [0.1, 0.15) is 30.0 Å². The van der Waals surface area contributed by atoms with E-state index in [1.165, 1.54) is 25.7 Å². The van der Waals surface area contributed by atoms with Crippen molar-refractivity contribution in [2.45, 2.75) is 52.6 Å². The number of benzene rings is 1. The summed E-state index contributed by atoms with van der Waals surface area (Å²) >= 11 is 0. The second-order valence-corrected chi connectivity index (χ2v) is 8.07. The molecule has 8 nitrogen and oxygen atoms in total. The Morgan fingerprint density at radius 3 is 2.47 bits per heavy atom. The van der Waals surface area contributed by atoms with E-state index in [9.17, 15) is 5.11 Å². The Morgan fingerprint density at radius 1 is 1.16 bits per heavy atom. The summed E-state index contributed by atoms with van der Waals surface area (Å²) in [7, 11) is 1.78. The third kappa shape index (κ3) is 5.83. The number of nitrogens with zero attached hydrogens (tertiary/aromatic N) is 3. The van der Waals surface area contributed by atoms with Gasteiger partial charge in [0.05, 0.1) is 17.0 Å². The van der Waals surface area contributed by atoms with Crippen molar-refractivity contribution in [1.29, 1.82) is 0 Å². The number of hydrogen-bond acceptors (Lipinski definition) is 8. The van der Waals surface area contributed by atoms with Crippen molar-refractivity contribution in [2.75, 3.05) is 25.9 Å². The van der Waals surface area contributed by atoms with Crippen LogP contribution in [0.25, 0.3) is 22.6 Å². The minimum atomic E-state index is -0.592. The van der Waals surface area contributed by atoms with Crippen molar-refractivity contribution < 1.29 is 14.4 Å². The first-order valence-electron chi connectivity index (χ1n) is 11.0. The van der Waals surface area contributed by atoms with E-state index in [-0.39, 0.29) is 6.61 Å². The summed E-state index contributed by atoms with van der Waals surface area (Å²) in [6.45, 7) is 6.23. The predicted octanol–water partition coefficient (Wildman–Crippen LogP) is 3.83. The summed E-state index contributed by atoms with van der Waals surface area (Å²) in [5.74, 6) is 2.18. The van der Waals surface area contributed by atoms with Gasteiger partial charge in [0.2, 0.25) is 0 Å². The molecule has 0 saturated heterocycles. The number of rotatable bonds is 7. The maximum absolute atomic E-state index is 9.81. The summed E-state index contributed by atoms with van der Waals surface area (Å²) in [4.78, 5) is 9.17. The third-order valence-corrected chi connectivity index (χ3v) is 5.43. The number of aliphatic hydroxyl groups is 1. The molecule has 1 saturated carbocycles. The van der Waals surface area contributed by atoms with E-state index in [0.29, 0.717) is 35.4 Å². The normalized spacial score (nSPS) is 13.7. The molecule has 1 aliphatic carbocycles. The maximum atomic E-state index is 9.81. The highest BCUT2D eigenvalue weighted by Gasteiger charge is 2.19. The fourth-order valence-electron chi connectivity index (χ4n) is 3.19. The lowest BCUT2D eigenvalue weighted by atomic mass is 10.0. The van der Waals surface area contributed by atoms with Crippen LogP contribution >= 0.6 is 0 Å². The Balaban J connectivity index is 0.000000650. The SMILES string of the molecule is C1CCC1.CNCC(O)COc1cccc(-c2nc(N)c(C)c(-c3c(C)noc3C)n2)c1. The molecule has 0 amide bonds. The van der Waals surface area contributed by atoms with Gasteiger partial charge in [-0.3, -0.25) is 0 Å². The molecule has 1 aliphatic rings. The summed E-state index contributed by atoms with van der Waals surface area (Å²) in [6, 6.07) is 7.39. The predicted molar refractivity (Wildman–Crippen MR) is 125 cm³/mol. The Morgan fingerprint density at radius 2 is 1.88 bits per heavy atom. The number of nitrogen functional groups attached to an aromatic ring is 1. The van der Waals surface area contributed by atoms with Crippen LogP contribution in [-0.2, 0) is 0 Å². The van der Waals surface area contributed by atoms with Crippen molar-refractivity contribution in [3.63, 3.8) is 0 Å². The zero-order valence-electron chi connectivity index (χ0n) is 19.3. The van der Waals surface area contributed by atoms with Gasteiger partial charge in [0, 0.05) is 17.7 Å². The highest BCUT2D eigenvalue weighted by atomic mass is 16.5. The fraction of sp³-hybridized carbons (Fsp3) is 0.458. The monoisotopic (exact) mass is 439 g/mol. The molecule has 3 aromatic rings. The van der Waals surface area contributed by atoms with E-state index < -0.39 is 6.10 Å². The minimum Gasteiger partial charge on any atom is -0.491 e. The zero-order valence-corrected chi connectivity index (χ0v) is 19.3. The minimum absolute atomic E-state index is 0.186. The van der Waals surface area contributed by atoms with Gasteiger partial charge in [0.15, 0.2) is 5.82 Å². The molecular formula is C24H33N5O3. The number of aryl methyl sites for hydroxylation is 2. The van der Waals surface area contributed by atoms with Crippen molar-refractivity contribution >= 4 is 5.82 Å². The summed E-state index contributed by atoms with van der Waals surface area (Å²) in [5.41, 5.74) is 9.99. The van der Waals surface area contributed by atoms with Crippen LogP contribution in [-0.4, -0.2) is 46.5 Å². The standard InChI is InChI=1S/C20H25N5O3.C4H8/c1-11-18(17-12(2)25-28-13(17)3)23-20(24-19(11)21)14-6-5-7-16(8-14)27-10-15(26)9-22-4;1-2-4-3-1/h5-8,15,22,26H,9-10H2,1-4H3,(H2,21,23,24);1-4H2. The van der Waals surface area contributed by atoms with E-state index in [0.717, 1.165) is 22.4 Å². The highest BCUT2D eigenvalue weighted by Crippen LogP contribution is 2.32. The second-order valence-electron chi connectivity index (χ2n) is 8.07. The molecule has 0 spiro atoms. The van der Waals surface area contributed by atoms with Gasteiger partial charge in [-0.05, 0) is 40.0 Å². The van der Waals surface area contributed by atoms with Crippen LogP contribution < -0.4 is 15.8 Å². The molecule has 4 rings (SSSR count). The number of anilines is 1. The molecule has 4 N–H and O–H groups in total. The van der Waals surface area contributed by atoms with Crippen LogP contribution in [0.1, 0.15) is 42.7 Å². The second kappa shape index (κ2) is 11.1. The smallest absolute Gasteiger partial charge is 0.162 e. The number of ether oxygens (including phenoxy) is 1. The largest absolute Gasteiger partial charge is 0.491 e. The molecular weight excluding hydrogens is 406 g/mol. The number of aliphatic hydroxyl groups excluding tert-OH is 1. The maximum Gasteiger partial charge on any atom is 0.162 e. The lowest BCUT2D eigenvalue weighted by Gasteiger charge is -2.13. The first kappa shape index (κ1) is 23.7. The number of aromatic nitrogens is 3. The van der Waals surface area contributed by atoms with Gasteiger partial charge in [-0.1, -0.05) is 43.0 Å². The first-order chi connectivity index (χ1) is 15.4. The van der Waals surface area contributed by atoms with Crippen LogP contribution in [0, 0.1) is 20.8 Å². The Kier molecular flexibility index (Phi) is 8.19. The first-order valence-corrected chi connectivity index (χ1v) is 11.0. The third-order valence-electron chi connectivity index (χ3n) is 5.43. The fourth-order valence-corrected chi connectivity index (χ4v) is 3.19. The average molecular weight is 440 g/mol. The van der Waals surface area contributed by atoms with Crippen molar-refractivity contribution in [2.24, 2.45) is 0 Å². The number of hydrogen-bond donors (Lipinski definition) is 3. The van der Waals surface area contributed by atoms with Crippen molar-refractivity contribution in [1.82, 2.24) is 20.4 Å². The molecule has 0 aliphatic heterocycles. The molecule has 2 heterocycles. The van der Waals surface area contributed by atoms with E-state index in [1.807, 2.05) is 45.0 Å².